The number of para-hydroxylation sites is 1. The number of hydrogen-bond acceptors (Lipinski definition) is 3. The number of fused-ring (bicyclic) bond motifs is 1. The Bertz CT molecular complexity index is 1040. The molecule has 5 heteroatoms. The largest absolute Gasteiger partial charge is 0.336 e. The monoisotopic (exact) mass is 376 g/mol. The summed E-state index contributed by atoms with van der Waals surface area (Å²) >= 11 is 0. The van der Waals surface area contributed by atoms with Gasteiger partial charge in [0.05, 0.1) is 28.5 Å². The molecule has 0 aliphatic carbocycles. The first kappa shape index (κ1) is 18.7. The van der Waals surface area contributed by atoms with E-state index in [0.717, 1.165) is 52.7 Å². The lowest BCUT2D eigenvalue weighted by atomic mass is 10.0. The minimum Gasteiger partial charge on any atom is -0.336 e. The third-order valence-corrected chi connectivity index (χ3v) is 5.65. The molecule has 4 rings (SSSR count). The number of pyridine rings is 1. The molecule has 1 aliphatic rings. The van der Waals surface area contributed by atoms with Gasteiger partial charge < -0.3 is 4.90 Å². The topological polar surface area (TPSA) is 51.0 Å². The van der Waals surface area contributed by atoms with E-state index >= 15 is 0 Å². The van der Waals surface area contributed by atoms with Gasteiger partial charge in [0.15, 0.2) is 0 Å². The lowest BCUT2D eigenvalue weighted by Crippen LogP contribution is -2.33. The number of aromatic nitrogens is 3. The number of nitrogens with zero attached hydrogens (tertiary/aromatic N) is 4. The van der Waals surface area contributed by atoms with Gasteiger partial charge in [-0.05, 0) is 59.1 Å². The first-order chi connectivity index (χ1) is 13.3. The third kappa shape index (κ3) is 3.19. The molecule has 0 spiro atoms. The number of carbonyl (C=O) groups is 1. The average molecular weight is 377 g/mol. The number of hydrogen-bond donors (Lipinski definition) is 0. The van der Waals surface area contributed by atoms with Crippen molar-refractivity contribution < 1.29 is 4.79 Å². The van der Waals surface area contributed by atoms with Gasteiger partial charge in [0.1, 0.15) is 0 Å². The molecule has 0 radical (unpaired) electrons. The Balaban J connectivity index is 1.88. The Labute approximate surface area is 166 Å². The van der Waals surface area contributed by atoms with Crippen LogP contribution in [0.4, 0.5) is 0 Å². The van der Waals surface area contributed by atoms with E-state index in [1.54, 1.807) is 0 Å². The van der Waals surface area contributed by atoms with Crippen LogP contribution in [-0.4, -0.2) is 38.2 Å². The molecule has 1 saturated heterocycles. The minimum atomic E-state index is -0.103. The summed E-state index contributed by atoms with van der Waals surface area (Å²) in [4.78, 5) is 20.3. The molecule has 3 heterocycles. The zero-order valence-electron chi connectivity index (χ0n) is 17.4. The molecule has 1 atom stereocenters. The summed E-state index contributed by atoms with van der Waals surface area (Å²) in [6, 6.07) is 8.28. The summed E-state index contributed by atoms with van der Waals surface area (Å²) in [6.07, 6.45) is 5.99. The van der Waals surface area contributed by atoms with Crippen LogP contribution >= 0.6 is 0 Å². The highest BCUT2D eigenvalue weighted by Gasteiger charge is 2.28. The van der Waals surface area contributed by atoms with E-state index in [9.17, 15) is 4.79 Å². The molecule has 0 N–H and O–H groups in total. The van der Waals surface area contributed by atoms with Crippen LogP contribution in [0, 0.1) is 6.92 Å². The van der Waals surface area contributed by atoms with E-state index < -0.39 is 0 Å². The minimum absolute atomic E-state index is 0.103. The van der Waals surface area contributed by atoms with Crippen LogP contribution in [0.15, 0.2) is 36.7 Å². The molecule has 1 fully saturated rings. The van der Waals surface area contributed by atoms with Gasteiger partial charge in [0.25, 0.3) is 5.91 Å². The maximum Gasteiger partial charge on any atom is 0.254 e. The Hall–Kier alpha value is -2.69. The summed E-state index contributed by atoms with van der Waals surface area (Å²) in [6.45, 7) is 11.4. The molecule has 1 amide bonds. The molecule has 5 nitrogen and oxygen atoms in total. The molecule has 1 aliphatic heterocycles. The normalized spacial score (nSPS) is 17.5. The quantitative estimate of drug-likeness (QED) is 0.646. The zero-order chi connectivity index (χ0) is 20.1. The van der Waals surface area contributed by atoms with Gasteiger partial charge >= 0.3 is 0 Å². The van der Waals surface area contributed by atoms with Crippen molar-refractivity contribution in [2.45, 2.75) is 59.0 Å². The Morgan fingerprint density at radius 3 is 2.68 bits per heavy atom. The van der Waals surface area contributed by atoms with Crippen LogP contribution in [0.1, 0.15) is 56.5 Å². The van der Waals surface area contributed by atoms with Crippen LogP contribution in [-0.2, 0) is 5.54 Å². The van der Waals surface area contributed by atoms with Crippen molar-refractivity contribution in [3.8, 4) is 11.3 Å². The summed E-state index contributed by atoms with van der Waals surface area (Å²) in [5.41, 5.74) is 4.33. The Morgan fingerprint density at radius 2 is 2.04 bits per heavy atom. The maximum absolute atomic E-state index is 13.4. The highest BCUT2D eigenvalue weighted by molar-refractivity contribution is 6.08. The number of aryl methyl sites for hydroxylation is 1. The fourth-order valence-electron chi connectivity index (χ4n) is 3.93. The van der Waals surface area contributed by atoms with Crippen molar-refractivity contribution in [1.82, 2.24) is 19.7 Å². The van der Waals surface area contributed by atoms with Crippen LogP contribution in [0.5, 0.6) is 0 Å². The van der Waals surface area contributed by atoms with E-state index in [1.165, 1.54) is 0 Å². The third-order valence-electron chi connectivity index (χ3n) is 5.65. The highest BCUT2D eigenvalue weighted by Crippen LogP contribution is 2.30. The fraction of sp³-hybridized carbons (Fsp3) is 0.435. The molecular formula is C23H28N4O. The number of benzene rings is 1. The van der Waals surface area contributed by atoms with Crippen LogP contribution < -0.4 is 0 Å². The standard InChI is InChI=1S/C23H28N4O/c1-15-8-6-10-18-19(22(28)26-11-7-9-16(26)2)12-20(25-21(15)18)17-13-24-27(14-17)23(3,4)5/h6,8,10,12-14,16H,7,9,11H2,1-5H3/t16-/m0/s1. The van der Waals surface area contributed by atoms with Gasteiger partial charge in [0, 0.05) is 29.7 Å². The second-order valence-electron chi connectivity index (χ2n) is 8.86. The van der Waals surface area contributed by atoms with Gasteiger partial charge in [-0.2, -0.15) is 5.10 Å². The molecule has 0 unspecified atom stereocenters. The van der Waals surface area contributed by atoms with E-state index in [-0.39, 0.29) is 17.5 Å². The lowest BCUT2D eigenvalue weighted by Gasteiger charge is -2.22. The number of amides is 1. The van der Waals surface area contributed by atoms with Crippen molar-refractivity contribution in [2.24, 2.45) is 0 Å². The van der Waals surface area contributed by atoms with Crippen molar-refractivity contribution >= 4 is 16.8 Å². The molecule has 3 aromatic rings. The highest BCUT2D eigenvalue weighted by atomic mass is 16.2. The summed E-state index contributed by atoms with van der Waals surface area (Å²) in [5, 5.41) is 5.44. The molecule has 2 aromatic heterocycles. The molecular weight excluding hydrogens is 348 g/mol. The molecule has 1 aromatic carbocycles. The van der Waals surface area contributed by atoms with Crippen molar-refractivity contribution in [1.29, 1.82) is 0 Å². The smallest absolute Gasteiger partial charge is 0.254 e. The summed E-state index contributed by atoms with van der Waals surface area (Å²) in [5.74, 6) is 0.104. The van der Waals surface area contributed by atoms with Gasteiger partial charge in [0.2, 0.25) is 0 Å². The Kier molecular flexibility index (Phi) is 4.48. The fourth-order valence-corrected chi connectivity index (χ4v) is 3.93. The van der Waals surface area contributed by atoms with Crippen molar-refractivity contribution in [3.05, 3.63) is 47.8 Å². The van der Waals surface area contributed by atoms with Gasteiger partial charge in [-0.15, -0.1) is 0 Å². The molecule has 0 saturated carbocycles. The first-order valence-corrected chi connectivity index (χ1v) is 10.0. The van der Waals surface area contributed by atoms with Crippen LogP contribution in [0.2, 0.25) is 0 Å². The van der Waals surface area contributed by atoms with Crippen LogP contribution in [0.3, 0.4) is 0 Å². The summed E-state index contributed by atoms with van der Waals surface area (Å²) < 4.78 is 1.94. The Morgan fingerprint density at radius 1 is 1.25 bits per heavy atom. The predicted molar refractivity (Wildman–Crippen MR) is 112 cm³/mol. The average Bonchev–Trinajstić information content (AvgIpc) is 3.30. The zero-order valence-corrected chi connectivity index (χ0v) is 17.4. The van der Waals surface area contributed by atoms with Gasteiger partial charge in [-0.1, -0.05) is 18.2 Å². The lowest BCUT2D eigenvalue weighted by molar-refractivity contribution is 0.0749. The van der Waals surface area contributed by atoms with Crippen molar-refractivity contribution in [2.75, 3.05) is 6.54 Å². The van der Waals surface area contributed by atoms with E-state index in [1.807, 2.05) is 53.2 Å². The van der Waals surface area contributed by atoms with E-state index in [4.69, 9.17) is 4.98 Å². The predicted octanol–water partition coefficient (Wildman–Crippen LogP) is 4.79. The molecule has 0 bridgehead atoms. The number of likely N-dealkylation sites (tertiary alicyclic amines) is 1. The van der Waals surface area contributed by atoms with Gasteiger partial charge in [-0.3, -0.25) is 9.48 Å². The van der Waals surface area contributed by atoms with Crippen molar-refractivity contribution in [3.63, 3.8) is 0 Å². The van der Waals surface area contributed by atoms with E-state index in [0.29, 0.717) is 0 Å². The first-order valence-electron chi connectivity index (χ1n) is 10.0. The summed E-state index contributed by atoms with van der Waals surface area (Å²) in [7, 11) is 0. The maximum atomic E-state index is 13.4. The SMILES string of the molecule is Cc1cccc2c(C(=O)N3CCC[C@@H]3C)cc(-c3cnn(C(C)(C)C)c3)nc12. The molecule has 146 valence electrons. The number of rotatable bonds is 2. The van der Waals surface area contributed by atoms with E-state index in [2.05, 4.69) is 32.8 Å². The molecule has 28 heavy (non-hydrogen) atoms. The number of carbonyl (C=O) groups excluding carboxylic acids is 1. The second kappa shape index (κ2) is 6.73. The van der Waals surface area contributed by atoms with Gasteiger partial charge in [-0.25, -0.2) is 4.98 Å². The second-order valence-corrected chi connectivity index (χ2v) is 8.86. The van der Waals surface area contributed by atoms with Crippen LogP contribution in [0.25, 0.3) is 22.2 Å².